The summed E-state index contributed by atoms with van der Waals surface area (Å²) in [6.45, 7) is 0.217. The first kappa shape index (κ1) is 11.9. The molecule has 0 fully saturated rings. The third-order valence-corrected chi connectivity index (χ3v) is 2.65. The topological polar surface area (TPSA) is 68.2 Å². The number of halogens is 1. The van der Waals surface area contributed by atoms with Crippen molar-refractivity contribution in [3.05, 3.63) is 29.1 Å². The van der Waals surface area contributed by atoms with Gasteiger partial charge < -0.3 is 15.2 Å². The van der Waals surface area contributed by atoms with Crippen LogP contribution in [0.2, 0.25) is 5.02 Å². The van der Waals surface area contributed by atoms with Crippen molar-refractivity contribution < 1.29 is 4.52 Å². The highest BCUT2D eigenvalue weighted by Gasteiger charge is 2.16. The summed E-state index contributed by atoms with van der Waals surface area (Å²) in [7, 11) is 3.86. The van der Waals surface area contributed by atoms with Crippen molar-refractivity contribution >= 4 is 17.3 Å². The Labute approximate surface area is 104 Å². The number of nitrogens with zero attached hydrogens (tertiary/aromatic N) is 3. The first-order valence-corrected chi connectivity index (χ1v) is 5.50. The molecule has 0 amide bonds. The molecule has 0 saturated carbocycles. The van der Waals surface area contributed by atoms with Gasteiger partial charge in [0.1, 0.15) is 0 Å². The Morgan fingerprint density at radius 2 is 2.18 bits per heavy atom. The van der Waals surface area contributed by atoms with E-state index in [1.807, 2.05) is 31.1 Å². The number of aromatic nitrogens is 2. The van der Waals surface area contributed by atoms with Crippen LogP contribution in [0.5, 0.6) is 0 Å². The molecule has 2 rings (SSSR count). The summed E-state index contributed by atoms with van der Waals surface area (Å²) in [5.41, 5.74) is 7.12. The lowest BCUT2D eigenvalue weighted by atomic mass is 10.1. The van der Waals surface area contributed by atoms with Gasteiger partial charge in [0.05, 0.1) is 17.1 Å². The van der Waals surface area contributed by atoms with E-state index < -0.39 is 0 Å². The molecule has 0 unspecified atom stereocenters. The number of hydrogen-bond donors (Lipinski definition) is 1. The maximum Gasteiger partial charge on any atom is 0.240 e. The zero-order valence-corrected chi connectivity index (χ0v) is 10.4. The van der Waals surface area contributed by atoms with Crippen molar-refractivity contribution in [3.63, 3.8) is 0 Å². The molecule has 0 aliphatic carbocycles. The lowest BCUT2D eigenvalue weighted by Gasteiger charge is -2.16. The van der Waals surface area contributed by atoms with Crippen LogP contribution >= 0.6 is 11.6 Å². The van der Waals surface area contributed by atoms with E-state index in [0.717, 1.165) is 11.3 Å². The van der Waals surface area contributed by atoms with E-state index in [0.29, 0.717) is 16.7 Å². The lowest BCUT2D eigenvalue weighted by Crippen LogP contribution is -2.10. The van der Waals surface area contributed by atoms with Crippen molar-refractivity contribution in [2.75, 3.05) is 19.0 Å². The molecule has 0 atom stereocenters. The summed E-state index contributed by atoms with van der Waals surface area (Å²) < 4.78 is 4.99. The number of rotatable bonds is 3. The third-order valence-electron chi connectivity index (χ3n) is 2.34. The van der Waals surface area contributed by atoms with Crippen molar-refractivity contribution in [2.24, 2.45) is 5.73 Å². The zero-order valence-electron chi connectivity index (χ0n) is 9.64. The van der Waals surface area contributed by atoms with Crippen molar-refractivity contribution in [1.29, 1.82) is 0 Å². The number of anilines is 1. The molecule has 1 aromatic heterocycles. The fraction of sp³-hybridized carbons (Fsp3) is 0.273. The minimum atomic E-state index is 0.217. The van der Waals surface area contributed by atoms with Crippen molar-refractivity contribution in [3.8, 4) is 11.4 Å². The molecule has 0 bridgehead atoms. The van der Waals surface area contributed by atoms with Crippen LogP contribution in [0.4, 0.5) is 5.69 Å². The third kappa shape index (κ3) is 2.25. The van der Waals surface area contributed by atoms with Crippen molar-refractivity contribution in [1.82, 2.24) is 10.1 Å². The predicted octanol–water partition coefficient (Wildman–Crippen LogP) is 1.91. The molecule has 0 spiro atoms. The second kappa shape index (κ2) is 4.73. The zero-order chi connectivity index (χ0) is 12.4. The molecule has 5 nitrogen and oxygen atoms in total. The van der Waals surface area contributed by atoms with Crippen molar-refractivity contribution in [2.45, 2.75) is 6.54 Å². The average molecular weight is 253 g/mol. The SMILES string of the molecule is CN(C)c1cccc(Cl)c1-c1noc(CN)n1. The van der Waals surface area contributed by atoms with Crippen LogP contribution in [0.3, 0.4) is 0 Å². The van der Waals surface area contributed by atoms with Gasteiger partial charge in [0.25, 0.3) is 0 Å². The second-order valence-corrected chi connectivity index (χ2v) is 4.15. The smallest absolute Gasteiger partial charge is 0.240 e. The van der Waals surface area contributed by atoms with Gasteiger partial charge in [0.2, 0.25) is 11.7 Å². The Kier molecular flexibility index (Phi) is 3.31. The van der Waals surface area contributed by atoms with Gasteiger partial charge in [0, 0.05) is 19.8 Å². The predicted molar refractivity (Wildman–Crippen MR) is 67.0 cm³/mol. The molecule has 1 heterocycles. The van der Waals surface area contributed by atoms with E-state index in [9.17, 15) is 0 Å². The molecule has 2 N–H and O–H groups in total. The molecule has 2 aromatic rings. The standard InChI is InChI=1S/C11H13ClN4O/c1-16(2)8-5-3-4-7(12)10(8)11-14-9(6-13)17-15-11/h3-5H,6,13H2,1-2H3. The minimum absolute atomic E-state index is 0.217. The van der Waals surface area contributed by atoms with Crippen LogP contribution in [0.1, 0.15) is 5.89 Å². The maximum absolute atomic E-state index is 6.18. The van der Waals surface area contributed by atoms with E-state index in [-0.39, 0.29) is 6.54 Å². The number of hydrogen-bond acceptors (Lipinski definition) is 5. The van der Waals surface area contributed by atoms with Gasteiger partial charge in [0.15, 0.2) is 0 Å². The molecular formula is C11H13ClN4O. The minimum Gasteiger partial charge on any atom is -0.377 e. The summed E-state index contributed by atoms with van der Waals surface area (Å²) in [6, 6.07) is 5.62. The fourth-order valence-electron chi connectivity index (χ4n) is 1.55. The highest BCUT2D eigenvalue weighted by Crippen LogP contribution is 2.34. The number of nitrogens with two attached hydrogens (primary N) is 1. The fourth-order valence-corrected chi connectivity index (χ4v) is 1.80. The Bertz CT molecular complexity index is 524. The van der Waals surface area contributed by atoms with Gasteiger partial charge in [-0.05, 0) is 12.1 Å². The van der Waals surface area contributed by atoms with E-state index >= 15 is 0 Å². The highest BCUT2D eigenvalue weighted by atomic mass is 35.5. The quantitative estimate of drug-likeness (QED) is 0.904. The molecule has 0 radical (unpaired) electrons. The summed E-state index contributed by atoms with van der Waals surface area (Å²) in [5, 5.41) is 4.47. The van der Waals surface area contributed by atoms with E-state index in [2.05, 4.69) is 10.1 Å². The van der Waals surface area contributed by atoms with Crippen LogP contribution in [-0.4, -0.2) is 24.2 Å². The summed E-state index contributed by atoms with van der Waals surface area (Å²) in [5.74, 6) is 0.851. The summed E-state index contributed by atoms with van der Waals surface area (Å²) >= 11 is 6.18. The Balaban J connectivity index is 2.57. The second-order valence-electron chi connectivity index (χ2n) is 3.74. The maximum atomic E-state index is 6.18. The van der Waals surface area contributed by atoms with Crippen LogP contribution in [-0.2, 0) is 6.54 Å². The molecule has 0 saturated heterocycles. The average Bonchev–Trinajstić information content (AvgIpc) is 2.76. The molecule has 0 aliphatic rings. The van der Waals surface area contributed by atoms with Crippen LogP contribution in [0.15, 0.2) is 22.7 Å². The molecular weight excluding hydrogens is 240 g/mol. The van der Waals surface area contributed by atoms with Gasteiger partial charge in [-0.3, -0.25) is 0 Å². The molecule has 90 valence electrons. The lowest BCUT2D eigenvalue weighted by molar-refractivity contribution is 0.380. The van der Waals surface area contributed by atoms with Crippen LogP contribution in [0, 0.1) is 0 Å². The van der Waals surface area contributed by atoms with Gasteiger partial charge in [-0.2, -0.15) is 4.98 Å². The normalized spacial score (nSPS) is 10.6. The first-order chi connectivity index (χ1) is 8.13. The summed E-state index contributed by atoms with van der Waals surface area (Å²) in [6.07, 6.45) is 0. The van der Waals surface area contributed by atoms with Gasteiger partial charge in [-0.15, -0.1) is 0 Å². The van der Waals surface area contributed by atoms with Crippen LogP contribution < -0.4 is 10.6 Å². The first-order valence-electron chi connectivity index (χ1n) is 5.12. The highest BCUT2D eigenvalue weighted by molar-refractivity contribution is 6.33. The molecule has 0 aliphatic heterocycles. The van der Waals surface area contributed by atoms with E-state index in [1.165, 1.54) is 0 Å². The Hall–Kier alpha value is -1.59. The molecule has 6 heteroatoms. The van der Waals surface area contributed by atoms with Crippen LogP contribution in [0.25, 0.3) is 11.4 Å². The Morgan fingerprint density at radius 1 is 1.41 bits per heavy atom. The van der Waals surface area contributed by atoms with Gasteiger partial charge >= 0.3 is 0 Å². The summed E-state index contributed by atoms with van der Waals surface area (Å²) in [4.78, 5) is 6.13. The molecule has 1 aromatic carbocycles. The number of benzene rings is 1. The van der Waals surface area contributed by atoms with Gasteiger partial charge in [-0.25, -0.2) is 0 Å². The van der Waals surface area contributed by atoms with E-state index in [4.69, 9.17) is 21.9 Å². The van der Waals surface area contributed by atoms with E-state index in [1.54, 1.807) is 6.07 Å². The monoisotopic (exact) mass is 252 g/mol. The largest absolute Gasteiger partial charge is 0.377 e. The Morgan fingerprint density at radius 3 is 2.76 bits per heavy atom. The molecule has 17 heavy (non-hydrogen) atoms. The van der Waals surface area contributed by atoms with Gasteiger partial charge in [-0.1, -0.05) is 22.8 Å².